The molecule has 27 heavy (non-hydrogen) atoms. The van der Waals surface area contributed by atoms with E-state index in [0.717, 1.165) is 5.56 Å². The van der Waals surface area contributed by atoms with E-state index in [2.05, 4.69) is 15.5 Å². The Bertz CT molecular complexity index is 963. The van der Waals surface area contributed by atoms with Gasteiger partial charge in [-0.15, -0.1) is 0 Å². The summed E-state index contributed by atoms with van der Waals surface area (Å²) in [5, 5.41) is 22.5. The fourth-order valence-corrected chi connectivity index (χ4v) is 2.66. The molecule has 0 spiro atoms. The van der Waals surface area contributed by atoms with Crippen molar-refractivity contribution in [2.45, 2.75) is 26.4 Å². The first-order chi connectivity index (χ1) is 12.9. The van der Waals surface area contributed by atoms with E-state index in [1.807, 2.05) is 24.3 Å². The summed E-state index contributed by atoms with van der Waals surface area (Å²) in [5.74, 6) is -0.225. The molecule has 0 saturated carbocycles. The Kier molecular flexibility index (Phi) is 5.51. The zero-order valence-corrected chi connectivity index (χ0v) is 15.3. The zero-order valence-electron chi connectivity index (χ0n) is 14.5. The highest BCUT2D eigenvalue weighted by Crippen LogP contribution is 2.15. The average Bonchev–Trinajstić information content (AvgIpc) is 3.21. The number of benzene rings is 1. The molecule has 2 aromatic heterocycles. The molecule has 0 aliphatic carbocycles. The van der Waals surface area contributed by atoms with E-state index in [1.165, 1.54) is 10.9 Å². The van der Waals surface area contributed by atoms with Gasteiger partial charge in [-0.3, -0.25) is 24.3 Å². The Morgan fingerprint density at radius 2 is 2.00 bits per heavy atom. The van der Waals surface area contributed by atoms with Crippen molar-refractivity contribution in [1.29, 1.82) is 0 Å². The highest BCUT2D eigenvalue weighted by molar-refractivity contribution is 6.30. The van der Waals surface area contributed by atoms with Gasteiger partial charge in [-0.2, -0.15) is 10.2 Å². The standard InChI is InChI=1S/C17H17ClN6O3/c1-12-16(24(26)27)11-22(21-12)7-6-17(25)20-15-8-19-23(10-15)9-13-2-4-14(18)5-3-13/h2-5,8,10-11H,6-7,9H2,1H3,(H,20,25). The Hall–Kier alpha value is -3.20. The minimum Gasteiger partial charge on any atom is -0.323 e. The summed E-state index contributed by atoms with van der Waals surface area (Å²) in [4.78, 5) is 22.4. The molecule has 1 N–H and O–H groups in total. The first kappa shape index (κ1) is 18.6. The van der Waals surface area contributed by atoms with Crippen LogP contribution in [0.2, 0.25) is 5.02 Å². The quantitative estimate of drug-likeness (QED) is 0.494. The summed E-state index contributed by atoms with van der Waals surface area (Å²) in [6.07, 6.45) is 4.76. The summed E-state index contributed by atoms with van der Waals surface area (Å²) in [5.41, 5.74) is 1.88. The molecule has 0 saturated heterocycles. The summed E-state index contributed by atoms with van der Waals surface area (Å²) < 4.78 is 3.11. The van der Waals surface area contributed by atoms with E-state index in [-0.39, 0.29) is 24.6 Å². The number of halogens is 1. The van der Waals surface area contributed by atoms with Crippen molar-refractivity contribution in [3.05, 3.63) is 69.3 Å². The fourth-order valence-electron chi connectivity index (χ4n) is 2.53. The normalized spacial score (nSPS) is 10.7. The summed E-state index contributed by atoms with van der Waals surface area (Å²) in [6, 6.07) is 7.44. The predicted molar refractivity (Wildman–Crippen MR) is 99.6 cm³/mol. The van der Waals surface area contributed by atoms with E-state index in [9.17, 15) is 14.9 Å². The zero-order chi connectivity index (χ0) is 19.4. The lowest BCUT2D eigenvalue weighted by Gasteiger charge is -2.03. The van der Waals surface area contributed by atoms with Crippen LogP contribution in [0.15, 0.2) is 42.9 Å². The van der Waals surface area contributed by atoms with Gasteiger partial charge in [0, 0.05) is 24.2 Å². The molecule has 3 aromatic rings. The second kappa shape index (κ2) is 8.00. The van der Waals surface area contributed by atoms with Crippen LogP contribution in [0.4, 0.5) is 11.4 Å². The molecule has 10 heteroatoms. The number of rotatable bonds is 7. The molecule has 0 aliphatic heterocycles. The van der Waals surface area contributed by atoms with Gasteiger partial charge in [-0.25, -0.2) is 0 Å². The lowest BCUT2D eigenvalue weighted by atomic mass is 10.2. The topological polar surface area (TPSA) is 108 Å². The van der Waals surface area contributed by atoms with Crippen LogP contribution in [0.25, 0.3) is 0 Å². The van der Waals surface area contributed by atoms with Crippen molar-refractivity contribution in [3.8, 4) is 0 Å². The van der Waals surface area contributed by atoms with E-state index >= 15 is 0 Å². The van der Waals surface area contributed by atoms with Gasteiger partial charge in [0.1, 0.15) is 11.9 Å². The Labute approximate surface area is 159 Å². The van der Waals surface area contributed by atoms with Crippen molar-refractivity contribution in [3.63, 3.8) is 0 Å². The van der Waals surface area contributed by atoms with E-state index < -0.39 is 4.92 Å². The van der Waals surface area contributed by atoms with Crippen LogP contribution in [-0.4, -0.2) is 30.4 Å². The number of aromatic nitrogens is 4. The van der Waals surface area contributed by atoms with Gasteiger partial charge < -0.3 is 5.32 Å². The number of anilines is 1. The number of carbonyl (C=O) groups is 1. The highest BCUT2D eigenvalue weighted by Gasteiger charge is 2.15. The molecule has 2 heterocycles. The maximum absolute atomic E-state index is 12.1. The molecule has 1 aromatic carbocycles. The van der Waals surface area contributed by atoms with Gasteiger partial charge in [-0.05, 0) is 24.6 Å². The van der Waals surface area contributed by atoms with Crippen LogP contribution in [0.1, 0.15) is 17.7 Å². The third kappa shape index (κ3) is 4.91. The van der Waals surface area contributed by atoms with Gasteiger partial charge in [0.15, 0.2) is 0 Å². The largest absolute Gasteiger partial charge is 0.323 e. The molecular weight excluding hydrogens is 372 g/mol. The third-order valence-electron chi connectivity index (χ3n) is 3.86. The predicted octanol–water partition coefficient (Wildman–Crippen LogP) is 3.03. The molecule has 0 atom stereocenters. The summed E-state index contributed by atoms with van der Waals surface area (Å²) >= 11 is 5.87. The molecule has 140 valence electrons. The van der Waals surface area contributed by atoms with Crippen LogP contribution in [0, 0.1) is 17.0 Å². The highest BCUT2D eigenvalue weighted by atomic mass is 35.5. The first-order valence-electron chi connectivity index (χ1n) is 8.16. The molecule has 0 aliphatic rings. The molecule has 0 unspecified atom stereocenters. The maximum atomic E-state index is 12.1. The molecule has 0 bridgehead atoms. The van der Waals surface area contributed by atoms with Crippen molar-refractivity contribution < 1.29 is 9.72 Å². The van der Waals surface area contributed by atoms with Gasteiger partial charge in [-0.1, -0.05) is 23.7 Å². The molecule has 9 nitrogen and oxygen atoms in total. The van der Waals surface area contributed by atoms with Gasteiger partial charge in [0.25, 0.3) is 0 Å². The average molecular weight is 389 g/mol. The van der Waals surface area contributed by atoms with Crippen molar-refractivity contribution in [1.82, 2.24) is 19.6 Å². The molecule has 3 rings (SSSR count). The molecule has 0 fully saturated rings. The van der Waals surface area contributed by atoms with Crippen LogP contribution in [0.5, 0.6) is 0 Å². The maximum Gasteiger partial charge on any atom is 0.309 e. The lowest BCUT2D eigenvalue weighted by Crippen LogP contribution is -2.14. The smallest absolute Gasteiger partial charge is 0.309 e. The first-order valence-corrected chi connectivity index (χ1v) is 8.53. The number of hydrogen-bond acceptors (Lipinski definition) is 5. The number of hydrogen-bond donors (Lipinski definition) is 1. The van der Waals surface area contributed by atoms with Crippen LogP contribution in [-0.2, 0) is 17.9 Å². The van der Waals surface area contributed by atoms with Gasteiger partial charge in [0.05, 0.1) is 23.4 Å². The Morgan fingerprint density at radius 1 is 1.26 bits per heavy atom. The number of aryl methyl sites for hydroxylation is 2. The second-order valence-electron chi connectivity index (χ2n) is 5.97. The summed E-state index contributed by atoms with van der Waals surface area (Å²) in [6.45, 7) is 2.37. The minimum atomic E-state index is -0.492. The molecular formula is C17H17ClN6O3. The lowest BCUT2D eigenvalue weighted by molar-refractivity contribution is -0.385. The van der Waals surface area contributed by atoms with Crippen molar-refractivity contribution >= 4 is 28.9 Å². The van der Waals surface area contributed by atoms with Crippen LogP contribution in [0.3, 0.4) is 0 Å². The third-order valence-corrected chi connectivity index (χ3v) is 4.11. The number of nitrogens with one attached hydrogen (secondary N) is 1. The fraction of sp³-hybridized carbons (Fsp3) is 0.235. The van der Waals surface area contributed by atoms with Crippen molar-refractivity contribution in [2.75, 3.05) is 5.32 Å². The monoisotopic (exact) mass is 388 g/mol. The van der Waals surface area contributed by atoms with E-state index in [4.69, 9.17) is 11.6 Å². The number of carbonyl (C=O) groups excluding carboxylic acids is 1. The number of nitro groups is 1. The SMILES string of the molecule is Cc1nn(CCC(=O)Nc2cnn(Cc3ccc(Cl)cc3)c2)cc1[N+](=O)[O-]. The number of amides is 1. The molecule has 1 amide bonds. The van der Waals surface area contributed by atoms with Gasteiger partial charge in [0.2, 0.25) is 5.91 Å². The Balaban J connectivity index is 1.52. The summed E-state index contributed by atoms with van der Waals surface area (Å²) in [7, 11) is 0. The number of nitrogens with zero attached hydrogens (tertiary/aromatic N) is 5. The van der Waals surface area contributed by atoms with E-state index in [0.29, 0.717) is 22.9 Å². The van der Waals surface area contributed by atoms with Crippen molar-refractivity contribution in [2.24, 2.45) is 0 Å². The second-order valence-corrected chi connectivity index (χ2v) is 6.41. The van der Waals surface area contributed by atoms with Crippen LogP contribution < -0.4 is 5.32 Å². The minimum absolute atomic E-state index is 0.0566. The van der Waals surface area contributed by atoms with Crippen LogP contribution >= 0.6 is 11.6 Å². The van der Waals surface area contributed by atoms with E-state index in [1.54, 1.807) is 24.0 Å². The Morgan fingerprint density at radius 3 is 2.67 bits per heavy atom. The molecule has 0 radical (unpaired) electrons. The van der Waals surface area contributed by atoms with Gasteiger partial charge >= 0.3 is 5.69 Å².